The molecule has 7 fully saturated rings. The quantitative estimate of drug-likeness (QED) is 0.0243. The lowest BCUT2D eigenvalue weighted by atomic mass is 9.51. The molecule has 4 aliphatic carbocycles. The molecule has 0 spiro atoms. The van der Waals surface area contributed by atoms with Gasteiger partial charge in [0.25, 0.3) is 0 Å². The molecule has 15 heteroatoms. The Kier molecular flexibility index (Phi) is 55.4. The molecule has 0 amide bonds. The summed E-state index contributed by atoms with van der Waals surface area (Å²) in [6, 6.07) is 0.774. The fraction of sp³-hybridized carbons (Fsp3) is 0.967. The van der Waals surface area contributed by atoms with Crippen molar-refractivity contribution in [2.75, 3.05) is 145 Å². The van der Waals surface area contributed by atoms with Crippen LogP contribution in [0.3, 0.4) is 0 Å². The highest BCUT2D eigenvalue weighted by molar-refractivity contribution is 4.98. The third-order valence-electron chi connectivity index (χ3n) is 15.6. The van der Waals surface area contributed by atoms with Crippen molar-refractivity contribution in [2.24, 2.45) is 69.4 Å². The molecule has 76 heavy (non-hydrogen) atoms. The van der Waals surface area contributed by atoms with Crippen LogP contribution in [0.5, 0.6) is 0 Å². The fourth-order valence-corrected chi connectivity index (χ4v) is 11.3. The van der Waals surface area contributed by atoms with Gasteiger partial charge in [0.15, 0.2) is 0 Å². The van der Waals surface area contributed by atoms with Crippen molar-refractivity contribution in [3.63, 3.8) is 0 Å². The van der Waals surface area contributed by atoms with Crippen LogP contribution < -0.4 is 61.0 Å². The average Bonchev–Trinajstić information content (AvgIpc) is 3.96. The number of nitrogens with zero attached hydrogens (tertiary/aromatic N) is 1. The fourth-order valence-electron chi connectivity index (χ4n) is 11.3. The molecule has 4 saturated carbocycles. The van der Waals surface area contributed by atoms with Crippen molar-refractivity contribution in [3.05, 3.63) is 12.2 Å². The molecule has 1 atom stereocenters. The van der Waals surface area contributed by atoms with Gasteiger partial charge in [-0.2, -0.15) is 0 Å². The van der Waals surface area contributed by atoms with Gasteiger partial charge in [0.2, 0.25) is 0 Å². The number of rotatable bonds is 32. The van der Waals surface area contributed by atoms with E-state index in [9.17, 15) is 0 Å². The van der Waals surface area contributed by atoms with Crippen LogP contribution >= 0.6 is 0 Å². The Morgan fingerprint density at radius 3 is 1.66 bits per heavy atom. The van der Waals surface area contributed by atoms with Gasteiger partial charge < -0.3 is 75.6 Å². The van der Waals surface area contributed by atoms with Crippen LogP contribution in [0.1, 0.15) is 188 Å². The van der Waals surface area contributed by atoms with Gasteiger partial charge in [-0.3, -0.25) is 4.90 Å². The van der Waals surface area contributed by atoms with E-state index < -0.39 is 0 Å². The maximum Gasteiger partial charge on any atom is 0.0594 e. The summed E-state index contributed by atoms with van der Waals surface area (Å²) in [7, 11) is 2.04. The number of allylic oxidation sites excluding steroid dienone is 1. The zero-order chi connectivity index (χ0) is 56.0. The van der Waals surface area contributed by atoms with Crippen LogP contribution in [-0.4, -0.2) is 167 Å². The standard InChI is InChI=1S/C14H25N.C10H23N3O.C9H20N2.C9H19NO.C8H19N.C6H14N2.C5H14N2O/c15-4-2-1-3-14-12-6-10-5-11(8-12)9-13(14)7-10;11-3-1-4-12-5-2-6-13-7-9-14-10-8-13;1-2-3-4-5-8-11-9-6-7-10;10-7-3-1-2-5-9-6-4-8-11-9;1-8(2,3)6-4-5-7-9;1-7-6-2-4-8-5-3-6;6-2-1-3-7-4-5-8/h10-14H,1-9,15H2;12H,1-11H2;4-5,11H,2-3,6-10H2,1H3;9H,1-8,10H2;4-7,9H2,1-3H3;6-8H,2-5H2,1H3;7-8H,1-6H2/b;;5-4-;;;;. The van der Waals surface area contributed by atoms with E-state index in [2.05, 4.69) is 71.3 Å². The first-order valence-corrected chi connectivity index (χ1v) is 31.9. The van der Waals surface area contributed by atoms with E-state index in [0.29, 0.717) is 18.1 Å². The molecule has 7 rings (SSSR count). The van der Waals surface area contributed by atoms with Crippen LogP contribution in [0.4, 0.5) is 0 Å². The number of nitrogens with two attached hydrogens (primary N) is 6. The van der Waals surface area contributed by atoms with Crippen LogP contribution in [0.25, 0.3) is 0 Å². The largest absolute Gasteiger partial charge is 0.395 e. The molecule has 1 unspecified atom stereocenters. The second-order valence-corrected chi connectivity index (χ2v) is 23.7. The molecule has 3 aliphatic heterocycles. The van der Waals surface area contributed by atoms with Gasteiger partial charge in [-0.25, -0.2) is 0 Å². The number of morpholine rings is 1. The third kappa shape index (κ3) is 46.8. The molecule has 18 N–H and O–H groups in total. The Morgan fingerprint density at radius 2 is 1.14 bits per heavy atom. The summed E-state index contributed by atoms with van der Waals surface area (Å²) in [6.07, 6.45) is 37.7. The topological polar surface area (TPSA) is 258 Å². The molecular formula is C61H134N12O3. The first-order chi connectivity index (χ1) is 37.0. The highest BCUT2D eigenvalue weighted by atomic mass is 16.5. The van der Waals surface area contributed by atoms with Gasteiger partial charge in [-0.15, -0.1) is 0 Å². The summed E-state index contributed by atoms with van der Waals surface area (Å²) < 4.78 is 10.8. The Hall–Kier alpha value is -0.860. The van der Waals surface area contributed by atoms with Crippen molar-refractivity contribution in [2.45, 2.75) is 200 Å². The van der Waals surface area contributed by atoms with E-state index in [1.807, 2.05) is 7.05 Å². The minimum atomic E-state index is 0.213. The summed E-state index contributed by atoms with van der Waals surface area (Å²) >= 11 is 0. The summed E-state index contributed by atoms with van der Waals surface area (Å²) in [5.41, 5.74) is 32.8. The van der Waals surface area contributed by atoms with Crippen molar-refractivity contribution >= 4 is 0 Å². The number of aliphatic hydroxyl groups is 1. The van der Waals surface area contributed by atoms with Crippen LogP contribution in [-0.2, 0) is 9.47 Å². The number of nitrogens with one attached hydrogen (secondary N) is 5. The first-order valence-electron chi connectivity index (χ1n) is 31.9. The molecule has 3 saturated heterocycles. The number of piperidine rings is 1. The Morgan fingerprint density at radius 1 is 0.605 bits per heavy atom. The lowest BCUT2D eigenvalue weighted by Gasteiger charge is -2.54. The second kappa shape index (κ2) is 56.0. The minimum absolute atomic E-state index is 0.213. The zero-order valence-corrected chi connectivity index (χ0v) is 50.9. The molecule has 0 aromatic heterocycles. The molecule has 3 heterocycles. The molecule has 7 aliphatic rings. The normalized spacial score (nSPS) is 22.8. The second-order valence-electron chi connectivity index (χ2n) is 23.7. The zero-order valence-electron chi connectivity index (χ0n) is 50.9. The Labute approximate surface area is 471 Å². The predicted molar refractivity (Wildman–Crippen MR) is 330 cm³/mol. The number of unbranched alkanes of at least 4 members (excludes halogenated alkanes) is 5. The van der Waals surface area contributed by atoms with Gasteiger partial charge in [0.05, 0.1) is 25.9 Å². The number of aliphatic hydroxyl groups excluding tert-OH is 1. The number of hydrogen-bond acceptors (Lipinski definition) is 15. The molecule has 0 aromatic carbocycles. The molecule has 4 bridgehead atoms. The summed E-state index contributed by atoms with van der Waals surface area (Å²) in [5, 5.41) is 24.5. The predicted octanol–water partition coefficient (Wildman–Crippen LogP) is 6.84. The van der Waals surface area contributed by atoms with E-state index in [-0.39, 0.29) is 6.61 Å². The molecule has 15 nitrogen and oxygen atoms in total. The average molecular weight is 1080 g/mol. The van der Waals surface area contributed by atoms with E-state index >= 15 is 0 Å². The summed E-state index contributed by atoms with van der Waals surface area (Å²) in [5.74, 6) is 5.62. The van der Waals surface area contributed by atoms with Crippen molar-refractivity contribution in [1.29, 1.82) is 0 Å². The minimum Gasteiger partial charge on any atom is -0.395 e. The first kappa shape index (κ1) is 75.1. The highest BCUT2D eigenvalue weighted by Crippen LogP contribution is 2.57. The van der Waals surface area contributed by atoms with E-state index in [1.165, 1.54) is 129 Å². The SMILES string of the molecule is CC(C)(C)CCCCN.CCC/C=C\CNCCCN.CNC1CCNCC1.NCCCCC1C2CC3CC(C2)CC1C3.NCCCCCC1CCCO1.NCCCNCCCN1CCOCC1.NCCCNCCO. The van der Waals surface area contributed by atoms with Crippen molar-refractivity contribution in [3.8, 4) is 0 Å². The molecule has 0 radical (unpaired) electrons. The molecular weight excluding hydrogens is 949 g/mol. The van der Waals surface area contributed by atoms with Gasteiger partial charge in [-0.05, 0) is 256 Å². The van der Waals surface area contributed by atoms with Crippen LogP contribution in [0.15, 0.2) is 12.2 Å². The maximum absolute atomic E-state index is 8.27. The monoisotopic (exact) mass is 1080 g/mol. The van der Waals surface area contributed by atoms with Gasteiger partial charge in [-0.1, -0.05) is 72.0 Å². The molecule has 456 valence electrons. The Balaban J connectivity index is 0.000000876. The third-order valence-corrected chi connectivity index (χ3v) is 15.6. The van der Waals surface area contributed by atoms with Gasteiger partial charge in [0.1, 0.15) is 0 Å². The van der Waals surface area contributed by atoms with Gasteiger partial charge >= 0.3 is 0 Å². The van der Waals surface area contributed by atoms with Gasteiger partial charge in [0, 0.05) is 38.8 Å². The van der Waals surface area contributed by atoms with Crippen molar-refractivity contribution in [1.82, 2.24) is 31.5 Å². The maximum atomic E-state index is 8.27. The molecule has 0 aromatic rings. The number of hydrogen-bond donors (Lipinski definition) is 12. The van der Waals surface area contributed by atoms with Crippen molar-refractivity contribution < 1.29 is 14.6 Å². The highest BCUT2D eigenvalue weighted by Gasteiger charge is 2.47. The van der Waals surface area contributed by atoms with Crippen LogP contribution in [0.2, 0.25) is 0 Å². The number of ether oxygens (including phenoxy) is 2. The summed E-state index contributed by atoms with van der Waals surface area (Å²) in [4.78, 5) is 2.47. The lowest BCUT2D eigenvalue weighted by molar-refractivity contribution is -0.0403. The van der Waals surface area contributed by atoms with E-state index in [1.54, 1.807) is 32.1 Å². The Bertz CT molecular complexity index is 1130. The van der Waals surface area contributed by atoms with Crippen LogP contribution in [0, 0.1) is 35.0 Å². The van der Waals surface area contributed by atoms with E-state index in [0.717, 1.165) is 160 Å². The summed E-state index contributed by atoms with van der Waals surface area (Å²) in [6.45, 7) is 28.4. The lowest BCUT2D eigenvalue weighted by Crippen LogP contribution is -2.44. The smallest absolute Gasteiger partial charge is 0.0594 e. The van der Waals surface area contributed by atoms with E-state index in [4.69, 9.17) is 49.0 Å².